The van der Waals surface area contributed by atoms with E-state index in [9.17, 15) is 19.3 Å². The van der Waals surface area contributed by atoms with E-state index in [0.717, 1.165) is 0 Å². The number of halogens is 1. The van der Waals surface area contributed by atoms with Gasteiger partial charge in [-0.25, -0.2) is 4.39 Å². The van der Waals surface area contributed by atoms with Crippen LogP contribution in [0.25, 0.3) is 0 Å². The van der Waals surface area contributed by atoms with Crippen LogP contribution in [0.15, 0.2) is 36.4 Å². The molecule has 124 valence electrons. The van der Waals surface area contributed by atoms with Gasteiger partial charge in [0.2, 0.25) is 5.91 Å². The fourth-order valence-electron chi connectivity index (χ4n) is 2.64. The second-order valence-electron chi connectivity index (χ2n) is 5.35. The minimum absolute atomic E-state index is 0.0786. The lowest BCUT2D eigenvalue weighted by molar-refractivity contribution is -0.385. The molecular formula is C16H14FN3O4. The molecule has 1 aliphatic rings. The van der Waals surface area contributed by atoms with Gasteiger partial charge in [0.05, 0.1) is 17.2 Å². The number of carbonyl (C=O) groups excluding carboxylic acids is 1. The van der Waals surface area contributed by atoms with Crippen molar-refractivity contribution in [2.45, 2.75) is 6.54 Å². The van der Waals surface area contributed by atoms with Crippen LogP contribution in [0.2, 0.25) is 0 Å². The molecule has 3 rings (SSSR count). The number of hydrogen-bond acceptors (Lipinski definition) is 5. The zero-order valence-corrected chi connectivity index (χ0v) is 12.6. The van der Waals surface area contributed by atoms with E-state index in [-0.39, 0.29) is 17.8 Å². The number of nitrogens with zero attached hydrogens (tertiary/aromatic N) is 2. The third-order valence-corrected chi connectivity index (χ3v) is 3.81. The number of carbonyl (C=O) groups is 1. The molecule has 7 nitrogen and oxygen atoms in total. The summed E-state index contributed by atoms with van der Waals surface area (Å²) < 4.78 is 18.7. The van der Waals surface area contributed by atoms with E-state index in [1.54, 1.807) is 6.07 Å². The first-order chi connectivity index (χ1) is 11.5. The maximum Gasteiger partial charge on any atom is 0.275 e. The lowest BCUT2D eigenvalue weighted by Crippen LogP contribution is -2.32. The van der Waals surface area contributed by atoms with Gasteiger partial charge in [-0.2, -0.15) is 0 Å². The summed E-state index contributed by atoms with van der Waals surface area (Å²) in [5, 5.41) is 11.3. The standard InChI is InChI=1S/C16H14FN3O4/c17-12-3-4-13-15(8-12)24-6-5-19(13)9-11-2-1-10(16(18)21)7-14(11)20(22)23/h1-4,7-8H,5-6,9H2,(H2,18,21). The van der Waals surface area contributed by atoms with Crippen molar-refractivity contribution in [3.8, 4) is 5.75 Å². The van der Waals surface area contributed by atoms with Crippen molar-refractivity contribution < 1.29 is 18.8 Å². The Morgan fingerprint density at radius 2 is 2.12 bits per heavy atom. The molecule has 1 amide bonds. The lowest BCUT2D eigenvalue weighted by Gasteiger charge is -2.31. The minimum Gasteiger partial charge on any atom is -0.489 e. The van der Waals surface area contributed by atoms with Crippen LogP contribution in [-0.2, 0) is 6.54 Å². The fourth-order valence-corrected chi connectivity index (χ4v) is 2.64. The number of amides is 1. The van der Waals surface area contributed by atoms with Gasteiger partial charge in [0, 0.05) is 29.8 Å². The van der Waals surface area contributed by atoms with Crippen LogP contribution < -0.4 is 15.4 Å². The molecule has 2 aromatic carbocycles. The highest BCUT2D eigenvalue weighted by atomic mass is 19.1. The highest BCUT2D eigenvalue weighted by Crippen LogP contribution is 2.34. The molecule has 0 bridgehead atoms. The van der Waals surface area contributed by atoms with E-state index in [0.29, 0.717) is 30.2 Å². The summed E-state index contributed by atoms with van der Waals surface area (Å²) in [5.74, 6) is -0.734. The highest BCUT2D eigenvalue weighted by molar-refractivity contribution is 5.93. The molecule has 0 unspecified atom stereocenters. The van der Waals surface area contributed by atoms with Gasteiger partial charge in [0.25, 0.3) is 5.69 Å². The van der Waals surface area contributed by atoms with Gasteiger partial charge in [0.1, 0.15) is 18.2 Å². The van der Waals surface area contributed by atoms with Gasteiger partial charge in [0.15, 0.2) is 0 Å². The molecule has 24 heavy (non-hydrogen) atoms. The van der Waals surface area contributed by atoms with Crippen LogP contribution >= 0.6 is 0 Å². The van der Waals surface area contributed by atoms with Crippen molar-refractivity contribution in [1.82, 2.24) is 0 Å². The number of hydrogen-bond donors (Lipinski definition) is 1. The summed E-state index contributed by atoms with van der Waals surface area (Å²) in [6.07, 6.45) is 0. The number of primary amides is 1. The molecule has 1 aliphatic heterocycles. The summed E-state index contributed by atoms with van der Waals surface area (Å²) in [5.41, 5.74) is 6.17. The van der Waals surface area contributed by atoms with Gasteiger partial charge in [-0.3, -0.25) is 14.9 Å². The topological polar surface area (TPSA) is 98.7 Å². The minimum atomic E-state index is -0.725. The SMILES string of the molecule is NC(=O)c1ccc(CN2CCOc3cc(F)ccc32)c([N+](=O)[O-])c1. The average molecular weight is 331 g/mol. The van der Waals surface area contributed by atoms with E-state index in [1.165, 1.54) is 30.3 Å². The van der Waals surface area contributed by atoms with Crippen molar-refractivity contribution in [2.24, 2.45) is 5.73 Å². The van der Waals surface area contributed by atoms with Crippen molar-refractivity contribution >= 4 is 17.3 Å². The molecule has 0 fully saturated rings. The largest absolute Gasteiger partial charge is 0.489 e. The quantitative estimate of drug-likeness (QED) is 0.684. The zero-order valence-electron chi connectivity index (χ0n) is 12.6. The number of ether oxygens (including phenoxy) is 1. The Morgan fingerprint density at radius 1 is 1.33 bits per heavy atom. The third kappa shape index (κ3) is 2.98. The molecule has 8 heteroatoms. The molecule has 2 aromatic rings. The summed E-state index contributed by atoms with van der Waals surface area (Å²) in [7, 11) is 0. The van der Waals surface area contributed by atoms with Gasteiger partial charge in [-0.05, 0) is 24.3 Å². The molecule has 0 radical (unpaired) electrons. The monoisotopic (exact) mass is 331 g/mol. The molecule has 0 saturated heterocycles. The summed E-state index contributed by atoms with van der Waals surface area (Å²) in [4.78, 5) is 23.8. The molecule has 1 heterocycles. The predicted octanol–water partition coefficient (Wildman–Crippen LogP) is 2.23. The molecule has 0 spiro atoms. The van der Waals surface area contributed by atoms with Crippen LogP contribution in [-0.4, -0.2) is 24.0 Å². The predicted molar refractivity (Wildman–Crippen MR) is 84.6 cm³/mol. The number of nitro benzene ring substituents is 1. The number of benzene rings is 2. The highest BCUT2D eigenvalue weighted by Gasteiger charge is 2.23. The fraction of sp³-hybridized carbons (Fsp3) is 0.188. The normalized spacial score (nSPS) is 13.1. The Bertz CT molecular complexity index is 825. The molecule has 0 atom stereocenters. The molecular weight excluding hydrogens is 317 g/mol. The van der Waals surface area contributed by atoms with E-state index < -0.39 is 16.6 Å². The van der Waals surface area contributed by atoms with Crippen molar-refractivity contribution in [3.63, 3.8) is 0 Å². The van der Waals surface area contributed by atoms with Gasteiger partial charge < -0.3 is 15.4 Å². The van der Waals surface area contributed by atoms with E-state index in [1.807, 2.05) is 4.90 Å². The Balaban J connectivity index is 1.95. The van der Waals surface area contributed by atoms with Crippen molar-refractivity contribution in [3.05, 3.63) is 63.5 Å². The third-order valence-electron chi connectivity index (χ3n) is 3.81. The number of nitro groups is 1. The first-order valence-corrected chi connectivity index (χ1v) is 7.20. The maximum absolute atomic E-state index is 13.3. The molecule has 0 aromatic heterocycles. The van der Waals surface area contributed by atoms with Gasteiger partial charge >= 0.3 is 0 Å². The number of rotatable bonds is 4. The van der Waals surface area contributed by atoms with E-state index >= 15 is 0 Å². The second kappa shape index (κ2) is 6.15. The van der Waals surface area contributed by atoms with Crippen LogP contribution in [0, 0.1) is 15.9 Å². The molecule has 2 N–H and O–H groups in total. The van der Waals surface area contributed by atoms with Crippen LogP contribution in [0.4, 0.5) is 15.8 Å². The first kappa shape index (κ1) is 15.7. The van der Waals surface area contributed by atoms with Crippen LogP contribution in [0.1, 0.15) is 15.9 Å². The summed E-state index contributed by atoms with van der Waals surface area (Å²) >= 11 is 0. The number of nitrogens with two attached hydrogens (primary N) is 1. The maximum atomic E-state index is 13.3. The Labute approximate surface area is 136 Å². The van der Waals surface area contributed by atoms with Crippen molar-refractivity contribution in [2.75, 3.05) is 18.1 Å². The van der Waals surface area contributed by atoms with Gasteiger partial charge in [-0.1, -0.05) is 0 Å². The number of anilines is 1. The van der Waals surface area contributed by atoms with Crippen LogP contribution in [0.3, 0.4) is 0 Å². The Kier molecular flexibility index (Phi) is 4.03. The Hall–Kier alpha value is -3.16. The number of fused-ring (bicyclic) bond motifs is 1. The van der Waals surface area contributed by atoms with Crippen molar-refractivity contribution in [1.29, 1.82) is 0 Å². The van der Waals surface area contributed by atoms with E-state index in [2.05, 4.69) is 0 Å². The smallest absolute Gasteiger partial charge is 0.275 e. The molecule has 0 aliphatic carbocycles. The van der Waals surface area contributed by atoms with Gasteiger partial charge in [-0.15, -0.1) is 0 Å². The average Bonchev–Trinajstić information content (AvgIpc) is 2.54. The zero-order chi connectivity index (χ0) is 17.3. The molecule has 0 saturated carbocycles. The van der Waals surface area contributed by atoms with E-state index in [4.69, 9.17) is 10.5 Å². The lowest BCUT2D eigenvalue weighted by atomic mass is 10.1. The first-order valence-electron chi connectivity index (χ1n) is 7.20. The van der Waals surface area contributed by atoms with Crippen LogP contribution in [0.5, 0.6) is 5.75 Å². The summed E-state index contributed by atoms with van der Waals surface area (Å²) in [6, 6.07) is 8.31. The summed E-state index contributed by atoms with van der Waals surface area (Å²) in [6.45, 7) is 1.09. The second-order valence-corrected chi connectivity index (χ2v) is 5.35. The Morgan fingerprint density at radius 3 is 2.83 bits per heavy atom.